The molecule has 20 heavy (non-hydrogen) atoms. The summed E-state index contributed by atoms with van der Waals surface area (Å²) < 4.78 is 13.2. The van der Waals surface area contributed by atoms with Crippen molar-refractivity contribution in [1.29, 1.82) is 0 Å². The van der Waals surface area contributed by atoms with Gasteiger partial charge in [0.2, 0.25) is 0 Å². The standard InChI is InChI=1S/C16H20FNO2/c1-3-12(4-2)11-18-16(20)15-8-7-14(17)10-13(15)6-5-9-19/h7-8,10,12,19H,3-4,9,11H2,1-2H3,(H,18,20). The molecule has 0 aliphatic carbocycles. The maximum absolute atomic E-state index is 13.2. The van der Waals surface area contributed by atoms with E-state index in [0.717, 1.165) is 12.8 Å². The quantitative estimate of drug-likeness (QED) is 0.812. The van der Waals surface area contributed by atoms with Crippen LogP contribution in [0.1, 0.15) is 42.6 Å². The van der Waals surface area contributed by atoms with E-state index < -0.39 is 5.82 Å². The van der Waals surface area contributed by atoms with E-state index in [1.165, 1.54) is 18.2 Å². The fraction of sp³-hybridized carbons (Fsp3) is 0.438. The largest absolute Gasteiger partial charge is 0.384 e. The van der Waals surface area contributed by atoms with Crippen LogP contribution in [0.2, 0.25) is 0 Å². The molecule has 0 fully saturated rings. The van der Waals surface area contributed by atoms with Crippen LogP contribution in [0.5, 0.6) is 0 Å². The lowest BCUT2D eigenvalue weighted by atomic mass is 10.0. The van der Waals surface area contributed by atoms with Gasteiger partial charge in [-0.3, -0.25) is 4.79 Å². The van der Waals surface area contributed by atoms with Crippen molar-refractivity contribution >= 4 is 5.91 Å². The van der Waals surface area contributed by atoms with Crippen molar-refractivity contribution in [3.8, 4) is 11.8 Å². The first-order valence-corrected chi connectivity index (χ1v) is 6.79. The number of carbonyl (C=O) groups is 1. The Morgan fingerprint density at radius 2 is 2.10 bits per heavy atom. The van der Waals surface area contributed by atoms with Crippen molar-refractivity contribution in [3.05, 3.63) is 35.1 Å². The number of nitrogens with one attached hydrogen (secondary N) is 1. The van der Waals surface area contributed by atoms with Crippen molar-refractivity contribution < 1.29 is 14.3 Å². The number of rotatable bonds is 5. The number of hydrogen-bond donors (Lipinski definition) is 2. The highest BCUT2D eigenvalue weighted by Gasteiger charge is 2.12. The second-order valence-corrected chi connectivity index (χ2v) is 4.54. The van der Waals surface area contributed by atoms with Crippen molar-refractivity contribution in [2.24, 2.45) is 5.92 Å². The molecule has 0 spiro atoms. The second kappa shape index (κ2) is 8.34. The molecule has 0 bridgehead atoms. The van der Waals surface area contributed by atoms with Gasteiger partial charge in [-0.2, -0.15) is 0 Å². The van der Waals surface area contributed by atoms with Crippen LogP contribution in [-0.2, 0) is 0 Å². The van der Waals surface area contributed by atoms with Gasteiger partial charge in [-0.25, -0.2) is 4.39 Å². The number of aliphatic hydroxyl groups is 1. The molecule has 1 aromatic carbocycles. The van der Waals surface area contributed by atoms with Gasteiger partial charge in [0.25, 0.3) is 5.91 Å². The summed E-state index contributed by atoms with van der Waals surface area (Å²) in [5.74, 6) is 4.75. The summed E-state index contributed by atoms with van der Waals surface area (Å²) in [5, 5.41) is 11.5. The normalized spacial score (nSPS) is 10.1. The van der Waals surface area contributed by atoms with Gasteiger partial charge >= 0.3 is 0 Å². The lowest BCUT2D eigenvalue weighted by Crippen LogP contribution is -2.29. The summed E-state index contributed by atoms with van der Waals surface area (Å²) in [7, 11) is 0. The first-order valence-electron chi connectivity index (χ1n) is 6.79. The molecule has 0 aliphatic heterocycles. The van der Waals surface area contributed by atoms with Gasteiger partial charge in [0.15, 0.2) is 0 Å². The topological polar surface area (TPSA) is 49.3 Å². The highest BCUT2D eigenvalue weighted by atomic mass is 19.1. The Kier molecular flexibility index (Phi) is 6.75. The third-order valence-corrected chi connectivity index (χ3v) is 3.23. The smallest absolute Gasteiger partial charge is 0.252 e. The molecule has 0 radical (unpaired) electrons. The van der Waals surface area contributed by atoms with E-state index in [9.17, 15) is 9.18 Å². The lowest BCUT2D eigenvalue weighted by Gasteiger charge is -2.13. The molecule has 108 valence electrons. The average molecular weight is 277 g/mol. The summed E-state index contributed by atoms with van der Waals surface area (Å²) in [5.41, 5.74) is 0.624. The van der Waals surface area contributed by atoms with Gasteiger partial charge in [0.05, 0.1) is 5.56 Å². The number of carbonyl (C=O) groups excluding carboxylic acids is 1. The molecule has 4 heteroatoms. The number of aliphatic hydroxyl groups excluding tert-OH is 1. The lowest BCUT2D eigenvalue weighted by molar-refractivity contribution is 0.0946. The summed E-state index contributed by atoms with van der Waals surface area (Å²) in [6, 6.07) is 3.85. The zero-order valence-electron chi connectivity index (χ0n) is 11.9. The summed E-state index contributed by atoms with van der Waals surface area (Å²) in [4.78, 5) is 12.1. The molecule has 0 atom stereocenters. The van der Waals surface area contributed by atoms with Gasteiger partial charge in [-0.15, -0.1) is 0 Å². The van der Waals surface area contributed by atoms with Gasteiger partial charge in [0.1, 0.15) is 12.4 Å². The van der Waals surface area contributed by atoms with E-state index in [4.69, 9.17) is 5.11 Å². The van der Waals surface area contributed by atoms with Crippen LogP contribution in [0.25, 0.3) is 0 Å². The third-order valence-electron chi connectivity index (χ3n) is 3.23. The predicted octanol–water partition coefficient (Wildman–Crippen LogP) is 2.34. The highest BCUT2D eigenvalue weighted by molar-refractivity contribution is 5.96. The fourth-order valence-corrected chi connectivity index (χ4v) is 1.86. The van der Waals surface area contributed by atoms with Gasteiger partial charge < -0.3 is 10.4 Å². The minimum atomic E-state index is -0.455. The molecule has 1 aromatic rings. The average Bonchev–Trinajstić information content (AvgIpc) is 2.46. The molecule has 2 N–H and O–H groups in total. The minimum absolute atomic E-state index is 0.265. The Bertz CT molecular complexity index is 513. The monoisotopic (exact) mass is 277 g/mol. The number of amides is 1. The Morgan fingerprint density at radius 1 is 1.40 bits per heavy atom. The van der Waals surface area contributed by atoms with E-state index in [-0.39, 0.29) is 12.5 Å². The van der Waals surface area contributed by atoms with E-state index in [1.807, 2.05) is 0 Å². The van der Waals surface area contributed by atoms with Crippen molar-refractivity contribution in [1.82, 2.24) is 5.32 Å². The number of benzene rings is 1. The van der Waals surface area contributed by atoms with Crippen LogP contribution in [0.15, 0.2) is 18.2 Å². The van der Waals surface area contributed by atoms with Crippen molar-refractivity contribution in [2.75, 3.05) is 13.2 Å². The maximum Gasteiger partial charge on any atom is 0.252 e. The molecule has 0 saturated heterocycles. The molecule has 3 nitrogen and oxygen atoms in total. The summed E-state index contributed by atoms with van der Waals surface area (Å²) >= 11 is 0. The Balaban J connectivity index is 2.86. The van der Waals surface area contributed by atoms with Crippen LogP contribution in [0, 0.1) is 23.6 Å². The van der Waals surface area contributed by atoms with Gasteiger partial charge in [0, 0.05) is 12.1 Å². The molecule has 0 aromatic heterocycles. The third kappa shape index (κ3) is 4.67. The van der Waals surface area contributed by atoms with E-state index in [0.29, 0.717) is 23.6 Å². The SMILES string of the molecule is CCC(CC)CNC(=O)c1ccc(F)cc1C#CCO. The predicted molar refractivity (Wildman–Crippen MR) is 76.8 cm³/mol. The molecular formula is C16H20FNO2. The van der Waals surface area contributed by atoms with Crippen molar-refractivity contribution in [2.45, 2.75) is 26.7 Å². The fourth-order valence-electron chi connectivity index (χ4n) is 1.86. The summed E-state index contributed by atoms with van der Waals surface area (Å²) in [6.45, 7) is 4.42. The Morgan fingerprint density at radius 3 is 2.70 bits per heavy atom. The zero-order chi connectivity index (χ0) is 15.0. The molecule has 0 aliphatic rings. The highest BCUT2D eigenvalue weighted by Crippen LogP contribution is 2.11. The van der Waals surface area contributed by atoms with Crippen LogP contribution in [-0.4, -0.2) is 24.2 Å². The first-order chi connectivity index (χ1) is 9.62. The first kappa shape index (κ1) is 16.2. The van der Waals surface area contributed by atoms with Crippen LogP contribution in [0.3, 0.4) is 0 Å². The molecule has 1 rings (SSSR count). The Hall–Kier alpha value is -1.86. The van der Waals surface area contributed by atoms with E-state index >= 15 is 0 Å². The zero-order valence-corrected chi connectivity index (χ0v) is 11.9. The molecule has 0 heterocycles. The van der Waals surface area contributed by atoms with Crippen LogP contribution >= 0.6 is 0 Å². The number of hydrogen-bond acceptors (Lipinski definition) is 2. The second-order valence-electron chi connectivity index (χ2n) is 4.54. The van der Waals surface area contributed by atoms with Crippen LogP contribution < -0.4 is 5.32 Å². The Labute approximate surface area is 119 Å². The minimum Gasteiger partial charge on any atom is -0.384 e. The molecular weight excluding hydrogens is 257 g/mol. The number of halogens is 1. The van der Waals surface area contributed by atoms with E-state index in [2.05, 4.69) is 31.0 Å². The summed E-state index contributed by atoms with van der Waals surface area (Å²) in [6.07, 6.45) is 1.99. The molecule has 1 amide bonds. The van der Waals surface area contributed by atoms with Gasteiger partial charge in [-0.1, -0.05) is 38.5 Å². The van der Waals surface area contributed by atoms with Gasteiger partial charge in [-0.05, 0) is 24.1 Å². The molecule has 0 saturated carbocycles. The van der Waals surface area contributed by atoms with Crippen molar-refractivity contribution in [3.63, 3.8) is 0 Å². The van der Waals surface area contributed by atoms with Crippen LogP contribution in [0.4, 0.5) is 4.39 Å². The maximum atomic E-state index is 13.2. The van der Waals surface area contributed by atoms with E-state index in [1.54, 1.807) is 0 Å². The molecule has 0 unspecified atom stereocenters.